The minimum absolute atomic E-state index is 0.155. The van der Waals surface area contributed by atoms with Gasteiger partial charge in [0, 0.05) is 12.4 Å². The predicted molar refractivity (Wildman–Crippen MR) is 79.2 cm³/mol. The maximum Gasteiger partial charge on any atom is 0.229 e. The van der Waals surface area contributed by atoms with Crippen molar-refractivity contribution in [3.63, 3.8) is 0 Å². The minimum Gasteiger partial charge on any atom is -0.350 e. The molecule has 1 amide bonds. The van der Waals surface area contributed by atoms with Crippen LogP contribution in [0.4, 0.5) is 0 Å². The van der Waals surface area contributed by atoms with Crippen LogP contribution in [0.5, 0.6) is 0 Å². The molecule has 2 aromatic rings. The maximum atomic E-state index is 12.0. The van der Waals surface area contributed by atoms with E-state index in [0.29, 0.717) is 18.0 Å². The molecule has 0 aliphatic heterocycles. The van der Waals surface area contributed by atoms with Gasteiger partial charge in [-0.05, 0) is 25.5 Å². The van der Waals surface area contributed by atoms with E-state index >= 15 is 0 Å². The molecule has 1 N–H and O–H groups in total. The summed E-state index contributed by atoms with van der Waals surface area (Å²) in [7, 11) is 0. The van der Waals surface area contributed by atoms with Crippen LogP contribution >= 0.6 is 34.8 Å². The molecule has 20 heavy (non-hydrogen) atoms. The Labute approximate surface area is 131 Å². The van der Waals surface area contributed by atoms with Crippen LogP contribution in [0.15, 0.2) is 24.5 Å². The van der Waals surface area contributed by atoms with Gasteiger partial charge in [0.25, 0.3) is 0 Å². The second-order valence-corrected chi connectivity index (χ2v) is 7.16. The summed E-state index contributed by atoms with van der Waals surface area (Å²) in [5.41, 5.74) is 0.818. The zero-order valence-corrected chi connectivity index (χ0v) is 12.9. The summed E-state index contributed by atoms with van der Waals surface area (Å²) in [6.07, 6.45) is 4.06. The first kappa shape index (κ1) is 14.0. The first-order valence-corrected chi connectivity index (χ1v) is 7.24. The lowest BCUT2D eigenvalue weighted by atomic mass is 10.1. The molecule has 0 saturated heterocycles. The highest BCUT2D eigenvalue weighted by Crippen LogP contribution is 2.63. The Kier molecular flexibility index (Phi) is 3.16. The van der Waals surface area contributed by atoms with Gasteiger partial charge in [-0.1, -0.05) is 11.6 Å². The highest BCUT2D eigenvalue weighted by atomic mass is 35.5. The molecule has 0 radical (unpaired) electrons. The summed E-state index contributed by atoms with van der Waals surface area (Å²) >= 11 is 17.9. The van der Waals surface area contributed by atoms with E-state index in [1.54, 1.807) is 19.2 Å². The van der Waals surface area contributed by atoms with Crippen LogP contribution < -0.4 is 5.32 Å². The molecule has 1 atom stereocenters. The standard InChI is InChI=1S/C13H12Cl3N3O/c1-12(7-13(12,15)16)11(20)17-4-9-6-19-5-8(14)2-3-10(19)18-9/h2-3,5-6H,4,7H2,1H3,(H,17,20). The Balaban J connectivity index is 1.70. The van der Waals surface area contributed by atoms with E-state index in [1.807, 2.05) is 16.7 Å². The average molecular weight is 333 g/mol. The molecule has 1 saturated carbocycles. The number of fused-ring (bicyclic) bond motifs is 1. The molecule has 1 fully saturated rings. The average Bonchev–Trinajstić information content (AvgIpc) is 2.72. The summed E-state index contributed by atoms with van der Waals surface area (Å²) in [5.74, 6) is -0.155. The van der Waals surface area contributed by atoms with Crippen molar-refractivity contribution in [3.05, 3.63) is 35.2 Å². The second-order valence-electron chi connectivity index (χ2n) is 5.24. The first-order chi connectivity index (χ1) is 9.32. The van der Waals surface area contributed by atoms with Crippen LogP contribution in [0.3, 0.4) is 0 Å². The maximum absolute atomic E-state index is 12.0. The molecule has 1 aliphatic rings. The van der Waals surface area contributed by atoms with Gasteiger partial charge < -0.3 is 9.72 Å². The Morgan fingerprint density at radius 2 is 2.15 bits per heavy atom. The molecule has 2 aromatic heterocycles. The third-order valence-corrected chi connectivity index (χ3v) is 4.98. The summed E-state index contributed by atoms with van der Waals surface area (Å²) in [6.45, 7) is 2.09. The van der Waals surface area contributed by atoms with E-state index in [2.05, 4.69) is 10.3 Å². The van der Waals surface area contributed by atoms with Crippen molar-refractivity contribution in [3.8, 4) is 0 Å². The van der Waals surface area contributed by atoms with Crippen LogP contribution in [-0.4, -0.2) is 19.6 Å². The number of hydrogen-bond acceptors (Lipinski definition) is 2. The fourth-order valence-electron chi connectivity index (χ4n) is 2.11. The summed E-state index contributed by atoms with van der Waals surface area (Å²) in [5, 5.41) is 3.45. The number of carbonyl (C=O) groups excluding carboxylic acids is 1. The fraction of sp³-hybridized carbons (Fsp3) is 0.385. The predicted octanol–water partition coefficient (Wildman–Crippen LogP) is 3.19. The summed E-state index contributed by atoms with van der Waals surface area (Å²) in [6, 6.07) is 3.59. The van der Waals surface area contributed by atoms with Crippen LogP contribution in [0.25, 0.3) is 5.65 Å². The van der Waals surface area contributed by atoms with Gasteiger partial charge in [-0.2, -0.15) is 0 Å². The molecule has 7 heteroatoms. The Hall–Kier alpha value is -0.970. The molecular weight excluding hydrogens is 321 g/mol. The molecule has 4 nitrogen and oxygen atoms in total. The monoisotopic (exact) mass is 331 g/mol. The van der Waals surface area contributed by atoms with Crippen molar-refractivity contribution in [2.24, 2.45) is 5.41 Å². The number of halogens is 3. The van der Waals surface area contributed by atoms with Crippen LogP contribution in [0.1, 0.15) is 19.0 Å². The van der Waals surface area contributed by atoms with Crippen LogP contribution in [0, 0.1) is 5.41 Å². The normalized spacial score (nSPS) is 23.8. The number of pyridine rings is 1. The molecular formula is C13H12Cl3N3O. The van der Waals surface area contributed by atoms with Gasteiger partial charge >= 0.3 is 0 Å². The lowest BCUT2D eigenvalue weighted by Gasteiger charge is -2.11. The zero-order valence-electron chi connectivity index (χ0n) is 10.7. The third-order valence-electron chi connectivity index (χ3n) is 3.65. The number of imidazole rings is 1. The Bertz CT molecular complexity index is 697. The lowest BCUT2D eigenvalue weighted by molar-refractivity contribution is -0.125. The highest BCUT2D eigenvalue weighted by Gasteiger charge is 2.67. The fourth-order valence-corrected chi connectivity index (χ4v) is 2.99. The van der Waals surface area contributed by atoms with Gasteiger partial charge in [-0.25, -0.2) is 4.98 Å². The number of carbonyl (C=O) groups is 1. The number of rotatable bonds is 3. The minimum atomic E-state index is -0.955. The van der Waals surface area contributed by atoms with E-state index < -0.39 is 9.75 Å². The Morgan fingerprint density at radius 1 is 1.45 bits per heavy atom. The smallest absolute Gasteiger partial charge is 0.229 e. The SMILES string of the molecule is CC1(C(=O)NCc2cn3cc(Cl)ccc3n2)CC1(Cl)Cl. The van der Waals surface area contributed by atoms with E-state index in [-0.39, 0.29) is 5.91 Å². The van der Waals surface area contributed by atoms with Gasteiger partial charge in [-0.3, -0.25) is 4.79 Å². The number of aromatic nitrogens is 2. The first-order valence-electron chi connectivity index (χ1n) is 6.11. The lowest BCUT2D eigenvalue weighted by Crippen LogP contribution is -2.32. The molecule has 1 aliphatic carbocycles. The molecule has 3 rings (SSSR count). The number of nitrogens with one attached hydrogen (secondary N) is 1. The quantitative estimate of drug-likeness (QED) is 0.878. The van der Waals surface area contributed by atoms with Crippen molar-refractivity contribution in [2.45, 2.75) is 24.2 Å². The molecule has 0 spiro atoms. The van der Waals surface area contributed by atoms with E-state index in [4.69, 9.17) is 34.8 Å². The molecule has 106 valence electrons. The van der Waals surface area contributed by atoms with Crippen molar-refractivity contribution >= 4 is 46.4 Å². The van der Waals surface area contributed by atoms with Crippen molar-refractivity contribution < 1.29 is 4.79 Å². The highest BCUT2D eigenvalue weighted by molar-refractivity contribution is 6.53. The number of alkyl halides is 2. The Morgan fingerprint density at radius 3 is 2.80 bits per heavy atom. The van der Waals surface area contributed by atoms with Gasteiger partial charge in [-0.15, -0.1) is 23.2 Å². The topological polar surface area (TPSA) is 46.4 Å². The number of nitrogens with zero attached hydrogens (tertiary/aromatic N) is 2. The van der Waals surface area contributed by atoms with E-state index in [0.717, 1.165) is 11.3 Å². The molecule has 0 aromatic carbocycles. The van der Waals surface area contributed by atoms with E-state index in [9.17, 15) is 4.79 Å². The number of amides is 1. The van der Waals surface area contributed by atoms with Crippen molar-refractivity contribution in [1.82, 2.24) is 14.7 Å². The summed E-state index contributed by atoms with van der Waals surface area (Å²) < 4.78 is 0.861. The molecule has 0 bridgehead atoms. The van der Waals surface area contributed by atoms with Gasteiger partial charge in [0.2, 0.25) is 5.91 Å². The van der Waals surface area contributed by atoms with Crippen molar-refractivity contribution in [1.29, 1.82) is 0 Å². The number of hydrogen-bond donors (Lipinski definition) is 1. The van der Waals surface area contributed by atoms with Gasteiger partial charge in [0.05, 0.1) is 22.7 Å². The zero-order chi connectivity index (χ0) is 14.5. The largest absolute Gasteiger partial charge is 0.350 e. The second kappa shape index (κ2) is 4.52. The van der Waals surface area contributed by atoms with Crippen LogP contribution in [0.2, 0.25) is 5.02 Å². The van der Waals surface area contributed by atoms with Crippen LogP contribution in [-0.2, 0) is 11.3 Å². The molecule has 1 unspecified atom stereocenters. The van der Waals surface area contributed by atoms with E-state index in [1.165, 1.54) is 0 Å². The van der Waals surface area contributed by atoms with Gasteiger partial charge in [0.15, 0.2) is 0 Å². The third kappa shape index (κ3) is 2.26. The van der Waals surface area contributed by atoms with Crippen molar-refractivity contribution in [2.75, 3.05) is 0 Å². The van der Waals surface area contributed by atoms with Gasteiger partial charge in [0.1, 0.15) is 9.98 Å². The molecule has 2 heterocycles. The summed E-state index contributed by atoms with van der Waals surface area (Å²) in [4.78, 5) is 16.4.